The Labute approximate surface area is 81.9 Å². The molecule has 0 aliphatic carbocycles. The van der Waals surface area contributed by atoms with Gasteiger partial charge in [-0.05, 0) is 13.0 Å². The Hall–Kier alpha value is -1.97. The predicted octanol–water partition coefficient (Wildman–Crippen LogP) is 1.43. The molecule has 0 aliphatic rings. The van der Waals surface area contributed by atoms with Crippen LogP contribution in [0.3, 0.4) is 0 Å². The molecular formula is C10H10N4. The molecule has 14 heavy (non-hydrogen) atoms. The van der Waals surface area contributed by atoms with Gasteiger partial charge in [-0.1, -0.05) is 23.8 Å². The fourth-order valence-corrected chi connectivity index (χ4v) is 1.23. The number of aryl methyl sites for hydroxylation is 1. The summed E-state index contributed by atoms with van der Waals surface area (Å²) in [4.78, 5) is 11.8. The van der Waals surface area contributed by atoms with Gasteiger partial charge in [-0.25, -0.2) is 9.97 Å². The van der Waals surface area contributed by atoms with Gasteiger partial charge in [0, 0.05) is 5.56 Å². The zero-order chi connectivity index (χ0) is 9.97. The number of anilines is 1. The first-order chi connectivity index (χ1) is 6.75. The molecule has 2 rings (SSSR count). The number of nitrogen functional groups attached to an aromatic ring is 1. The van der Waals surface area contributed by atoms with Crippen molar-refractivity contribution in [3.8, 4) is 11.4 Å². The molecule has 1 aromatic carbocycles. The molecule has 0 fully saturated rings. The molecule has 0 saturated heterocycles. The largest absolute Gasteiger partial charge is 0.368 e. The molecule has 2 N–H and O–H groups in total. The van der Waals surface area contributed by atoms with E-state index in [0.717, 1.165) is 5.56 Å². The summed E-state index contributed by atoms with van der Waals surface area (Å²) in [6, 6.07) is 7.94. The van der Waals surface area contributed by atoms with Crippen molar-refractivity contribution in [2.24, 2.45) is 0 Å². The van der Waals surface area contributed by atoms with Crippen LogP contribution in [-0.4, -0.2) is 15.0 Å². The van der Waals surface area contributed by atoms with Gasteiger partial charge in [0.1, 0.15) is 6.33 Å². The maximum atomic E-state index is 5.47. The Morgan fingerprint density at radius 1 is 1.21 bits per heavy atom. The highest BCUT2D eigenvalue weighted by molar-refractivity contribution is 5.56. The van der Waals surface area contributed by atoms with E-state index in [9.17, 15) is 0 Å². The minimum atomic E-state index is 0.247. The highest BCUT2D eigenvalue weighted by atomic mass is 15.1. The zero-order valence-corrected chi connectivity index (χ0v) is 7.81. The summed E-state index contributed by atoms with van der Waals surface area (Å²) in [5.74, 6) is 0.859. The lowest BCUT2D eigenvalue weighted by Gasteiger charge is -2.00. The van der Waals surface area contributed by atoms with Gasteiger partial charge < -0.3 is 5.73 Å². The minimum absolute atomic E-state index is 0.247. The number of nitrogens with two attached hydrogens (primary N) is 1. The molecule has 0 amide bonds. The van der Waals surface area contributed by atoms with Crippen molar-refractivity contribution < 1.29 is 0 Å². The van der Waals surface area contributed by atoms with Crippen molar-refractivity contribution in [3.63, 3.8) is 0 Å². The lowest BCUT2D eigenvalue weighted by molar-refractivity contribution is 1.07. The number of hydrogen-bond acceptors (Lipinski definition) is 4. The fourth-order valence-electron chi connectivity index (χ4n) is 1.23. The van der Waals surface area contributed by atoms with E-state index in [4.69, 9.17) is 5.73 Å². The Kier molecular flexibility index (Phi) is 2.10. The standard InChI is InChI=1S/C10H10N4/c1-7-3-2-4-8(5-7)9-12-6-13-10(11)14-9/h2-6H,1H3,(H2,11,12,13,14). The molecule has 0 spiro atoms. The Bertz CT molecular complexity index is 410. The molecule has 0 bridgehead atoms. The summed E-state index contributed by atoms with van der Waals surface area (Å²) in [5, 5.41) is 0. The second-order valence-corrected chi connectivity index (χ2v) is 3.04. The molecule has 4 heteroatoms. The van der Waals surface area contributed by atoms with Crippen molar-refractivity contribution in [3.05, 3.63) is 36.2 Å². The molecule has 0 radical (unpaired) electrons. The average Bonchev–Trinajstić information content (AvgIpc) is 2.18. The molecule has 0 unspecified atom stereocenters. The van der Waals surface area contributed by atoms with Gasteiger partial charge in [-0.2, -0.15) is 4.98 Å². The molecule has 2 aromatic rings. The normalized spacial score (nSPS) is 10.1. The van der Waals surface area contributed by atoms with E-state index < -0.39 is 0 Å². The minimum Gasteiger partial charge on any atom is -0.368 e. The highest BCUT2D eigenvalue weighted by Gasteiger charge is 2.01. The summed E-state index contributed by atoms with van der Waals surface area (Å²) in [7, 11) is 0. The third-order valence-electron chi connectivity index (χ3n) is 1.87. The van der Waals surface area contributed by atoms with Crippen LogP contribution in [0.25, 0.3) is 11.4 Å². The van der Waals surface area contributed by atoms with Crippen LogP contribution in [0.1, 0.15) is 5.56 Å². The molecule has 1 heterocycles. The van der Waals surface area contributed by atoms with Crippen molar-refractivity contribution >= 4 is 5.95 Å². The monoisotopic (exact) mass is 186 g/mol. The smallest absolute Gasteiger partial charge is 0.223 e. The lowest BCUT2D eigenvalue weighted by Crippen LogP contribution is -1.98. The van der Waals surface area contributed by atoms with Crippen LogP contribution >= 0.6 is 0 Å². The quantitative estimate of drug-likeness (QED) is 0.731. The van der Waals surface area contributed by atoms with E-state index in [1.54, 1.807) is 0 Å². The zero-order valence-electron chi connectivity index (χ0n) is 7.81. The van der Waals surface area contributed by atoms with E-state index in [1.807, 2.05) is 31.2 Å². The first kappa shape index (κ1) is 8.62. The summed E-state index contributed by atoms with van der Waals surface area (Å²) in [5.41, 5.74) is 7.60. The third kappa shape index (κ3) is 1.69. The fraction of sp³-hybridized carbons (Fsp3) is 0.100. The topological polar surface area (TPSA) is 64.7 Å². The molecular weight excluding hydrogens is 176 g/mol. The van der Waals surface area contributed by atoms with Crippen molar-refractivity contribution in [2.45, 2.75) is 6.92 Å². The number of benzene rings is 1. The van der Waals surface area contributed by atoms with Crippen LogP contribution in [0, 0.1) is 6.92 Å². The van der Waals surface area contributed by atoms with E-state index in [0.29, 0.717) is 5.82 Å². The molecule has 0 saturated carbocycles. The Morgan fingerprint density at radius 3 is 2.79 bits per heavy atom. The van der Waals surface area contributed by atoms with Gasteiger partial charge in [-0.15, -0.1) is 0 Å². The highest BCUT2D eigenvalue weighted by Crippen LogP contribution is 2.15. The van der Waals surface area contributed by atoms with Gasteiger partial charge in [0.05, 0.1) is 0 Å². The Balaban J connectivity index is 2.49. The number of hydrogen-bond donors (Lipinski definition) is 1. The molecule has 1 aromatic heterocycles. The second kappa shape index (κ2) is 3.41. The van der Waals surface area contributed by atoms with Gasteiger partial charge in [0.15, 0.2) is 5.82 Å². The van der Waals surface area contributed by atoms with Crippen molar-refractivity contribution in [2.75, 3.05) is 5.73 Å². The van der Waals surface area contributed by atoms with E-state index in [1.165, 1.54) is 11.9 Å². The maximum absolute atomic E-state index is 5.47. The summed E-state index contributed by atoms with van der Waals surface area (Å²) >= 11 is 0. The summed E-state index contributed by atoms with van der Waals surface area (Å²) in [6.45, 7) is 2.02. The second-order valence-electron chi connectivity index (χ2n) is 3.04. The van der Waals surface area contributed by atoms with Crippen LogP contribution < -0.4 is 5.73 Å². The van der Waals surface area contributed by atoms with Gasteiger partial charge in [0.2, 0.25) is 5.95 Å². The number of aromatic nitrogens is 3. The lowest BCUT2D eigenvalue weighted by atomic mass is 10.1. The van der Waals surface area contributed by atoms with Crippen LogP contribution in [-0.2, 0) is 0 Å². The third-order valence-corrected chi connectivity index (χ3v) is 1.87. The predicted molar refractivity (Wildman–Crippen MR) is 54.4 cm³/mol. The van der Waals surface area contributed by atoms with Crippen LogP contribution in [0.4, 0.5) is 5.95 Å². The average molecular weight is 186 g/mol. The Morgan fingerprint density at radius 2 is 2.07 bits per heavy atom. The number of nitrogens with zero attached hydrogens (tertiary/aromatic N) is 3. The molecule has 4 nitrogen and oxygen atoms in total. The van der Waals surface area contributed by atoms with Gasteiger partial charge in [0.25, 0.3) is 0 Å². The molecule has 70 valence electrons. The summed E-state index contributed by atoms with van der Waals surface area (Å²) in [6.07, 6.45) is 1.42. The molecule has 0 aliphatic heterocycles. The van der Waals surface area contributed by atoms with Gasteiger partial charge in [-0.3, -0.25) is 0 Å². The number of rotatable bonds is 1. The van der Waals surface area contributed by atoms with E-state index in [-0.39, 0.29) is 5.95 Å². The van der Waals surface area contributed by atoms with Crippen molar-refractivity contribution in [1.29, 1.82) is 0 Å². The maximum Gasteiger partial charge on any atom is 0.223 e. The van der Waals surface area contributed by atoms with Gasteiger partial charge >= 0.3 is 0 Å². The summed E-state index contributed by atoms with van der Waals surface area (Å²) < 4.78 is 0. The SMILES string of the molecule is Cc1cccc(-c2ncnc(N)n2)c1. The van der Waals surface area contributed by atoms with Crippen LogP contribution in [0.2, 0.25) is 0 Å². The van der Waals surface area contributed by atoms with E-state index >= 15 is 0 Å². The van der Waals surface area contributed by atoms with Crippen LogP contribution in [0.15, 0.2) is 30.6 Å². The van der Waals surface area contributed by atoms with E-state index in [2.05, 4.69) is 15.0 Å². The van der Waals surface area contributed by atoms with Crippen molar-refractivity contribution in [1.82, 2.24) is 15.0 Å². The van der Waals surface area contributed by atoms with Crippen LogP contribution in [0.5, 0.6) is 0 Å². The first-order valence-electron chi connectivity index (χ1n) is 4.27. The first-order valence-corrected chi connectivity index (χ1v) is 4.27. The molecule has 0 atom stereocenters.